The van der Waals surface area contributed by atoms with Crippen molar-refractivity contribution in [1.29, 1.82) is 0 Å². The number of amides is 1. The van der Waals surface area contributed by atoms with Crippen LogP contribution in [0.4, 0.5) is 0 Å². The first-order valence-corrected chi connectivity index (χ1v) is 6.72. The van der Waals surface area contributed by atoms with Crippen LogP contribution in [0.3, 0.4) is 0 Å². The topological polar surface area (TPSA) is 96.4 Å². The smallest absolute Gasteiger partial charge is 0.327 e. The number of carboxylic acid groups (broad SMARTS) is 1. The monoisotopic (exact) mass is 270 g/mol. The van der Waals surface area contributed by atoms with Gasteiger partial charge in [-0.05, 0) is 12.1 Å². The van der Waals surface area contributed by atoms with Crippen LogP contribution in [0.25, 0.3) is 0 Å². The summed E-state index contributed by atoms with van der Waals surface area (Å²) in [6, 6.07) is 4.09. The average molecular weight is 270 g/mol. The van der Waals surface area contributed by atoms with Gasteiger partial charge in [0.2, 0.25) is 5.91 Å². The van der Waals surface area contributed by atoms with E-state index >= 15 is 0 Å². The van der Waals surface area contributed by atoms with E-state index in [4.69, 9.17) is 5.11 Å². The molecule has 0 saturated carbocycles. The molecule has 1 aromatic rings. The minimum absolute atomic E-state index is 0.133. The van der Waals surface area contributed by atoms with Crippen LogP contribution >= 0.6 is 0 Å². The highest BCUT2D eigenvalue weighted by atomic mass is 32.2. The lowest BCUT2D eigenvalue weighted by molar-refractivity contribution is -0.140. The Labute approximate surface area is 107 Å². The number of nitrogens with zero attached hydrogens (tertiary/aromatic N) is 1. The van der Waals surface area contributed by atoms with Crippen LogP contribution in [-0.4, -0.2) is 38.0 Å². The number of hydrogen-bond donors (Lipinski definition) is 2. The van der Waals surface area contributed by atoms with Crippen LogP contribution in [0, 0.1) is 0 Å². The zero-order valence-corrected chi connectivity index (χ0v) is 10.6. The third kappa shape index (κ3) is 5.05. The highest BCUT2D eigenvalue weighted by Gasteiger charge is 2.21. The predicted molar refractivity (Wildman–Crippen MR) is 66.2 cm³/mol. The number of carboxylic acids is 1. The number of aromatic nitrogens is 1. The van der Waals surface area contributed by atoms with Crippen LogP contribution in [0.15, 0.2) is 24.4 Å². The molecular weight excluding hydrogens is 256 g/mol. The van der Waals surface area contributed by atoms with E-state index in [-0.39, 0.29) is 11.5 Å². The standard InChI is InChI=1S/C11H14N2O4S/c1-8(14)13-10(11(15)16)7-18(17)6-9-4-2-3-5-12-9/h2-5,10H,6-7H2,1H3,(H,13,14)(H,15,16). The lowest BCUT2D eigenvalue weighted by Gasteiger charge is -2.12. The summed E-state index contributed by atoms with van der Waals surface area (Å²) in [5.74, 6) is -1.62. The molecule has 0 bridgehead atoms. The summed E-state index contributed by atoms with van der Waals surface area (Å²) in [6.07, 6.45) is 1.58. The molecule has 0 spiro atoms. The van der Waals surface area contributed by atoms with Gasteiger partial charge in [0, 0.05) is 23.9 Å². The fraction of sp³-hybridized carbons (Fsp3) is 0.364. The fourth-order valence-corrected chi connectivity index (χ4v) is 2.53. The summed E-state index contributed by atoms with van der Waals surface area (Å²) in [7, 11) is -1.40. The van der Waals surface area contributed by atoms with Crippen molar-refractivity contribution >= 4 is 22.7 Å². The van der Waals surface area contributed by atoms with Crippen molar-refractivity contribution in [2.24, 2.45) is 0 Å². The maximum Gasteiger partial charge on any atom is 0.327 e. The van der Waals surface area contributed by atoms with Crippen molar-refractivity contribution in [3.05, 3.63) is 30.1 Å². The van der Waals surface area contributed by atoms with Crippen LogP contribution in [0.2, 0.25) is 0 Å². The number of aliphatic carboxylic acids is 1. The first kappa shape index (κ1) is 14.3. The highest BCUT2D eigenvalue weighted by molar-refractivity contribution is 7.84. The van der Waals surface area contributed by atoms with Gasteiger partial charge in [-0.25, -0.2) is 4.79 Å². The van der Waals surface area contributed by atoms with Crippen LogP contribution in [0.5, 0.6) is 0 Å². The Balaban J connectivity index is 2.56. The molecule has 0 fully saturated rings. The molecule has 18 heavy (non-hydrogen) atoms. The Hall–Kier alpha value is -1.76. The molecule has 0 radical (unpaired) electrons. The summed E-state index contributed by atoms with van der Waals surface area (Å²) < 4.78 is 11.8. The highest BCUT2D eigenvalue weighted by Crippen LogP contribution is 2.01. The second-order valence-corrected chi connectivity index (χ2v) is 5.16. The fourth-order valence-electron chi connectivity index (χ4n) is 1.31. The summed E-state index contributed by atoms with van der Waals surface area (Å²) in [4.78, 5) is 25.7. The SMILES string of the molecule is CC(=O)NC(CS(=O)Cc1ccccn1)C(=O)O. The molecule has 7 heteroatoms. The number of rotatable bonds is 6. The number of pyridine rings is 1. The van der Waals surface area contributed by atoms with E-state index in [1.54, 1.807) is 24.4 Å². The third-order valence-corrected chi connectivity index (χ3v) is 3.39. The van der Waals surface area contributed by atoms with E-state index in [0.29, 0.717) is 5.69 Å². The lowest BCUT2D eigenvalue weighted by atomic mass is 10.3. The first-order chi connectivity index (χ1) is 8.49. The predicted octanol–water partition coefficient (Wildman–Crippen LogP) is -0.0804. The number of nitrogens with one attached hydrogen (secondary N) is 1. The molecule has 98 valence electrons. The maximum absolute atomic E-state index is 11.8. The molecule has 2 atom stereocenters. The Bertz CT molecular complexity index is 450. The molecule has 0 saturated heterocycles. The molecule has 6 nitrogen and oxygen atoms in total. The van der Waals surface area contributed by atoms with Crippen LogP contribution in [0.1, 0.15) is 12.6 Å². The Kier molecular flexibility index (Phi) is 5.44. The van der Waals surface area contributed by atoms with Gasteiger partial charge in [-0.1, -0.05) is 6.07 Å². The average Bonchev–Trinajstić information content (AvgIpc) is 2.28. The van der Waals surface area contributed by atoms with E-state index < -0.39 is 28.7 Å². The molecule has 0 aliphatic rings. The maximum atomic E-state index is 11.8. The molecule has 0 aliphatic heterocycles. The second-order valence-electron chi connectivity index (χ2n) is 3.66. The van der Waals surface area contributed by atoms with E-state index in [9.17, 15) is 13.8 Å². The van der Waals surface area contributed by atoms with Crippen molar-refractivity contribution in [2.45, 2.75) is 18.7 Å². The van der Waals surface area contributed by atoms with Crippen molar-refractivity contribution in [2.75, 3.05) is 5.75 Å². The normalized spacial score (nSPS) is 13.6. The van der Waals surface area contributed by atoms with Gasteiger partial charge in [0.05, 0.1) is 17.2 Å². The molecule has 1 heterocycles. The van der Waals surface area contributed by atoms with Crippen molar-refractivity contribution in [3.8, 4) is 0 Å². The van der Waals surface area contributed by atoms with E-state index in [0.717, 1.165) is 0 Å². The summed E-state index contributed by atoms with van der Waals surface area (Å²) in [5.41, 5.74) is 0.628. The molecule has 1 aromatic heterocycles. The molecule has 1 rings (SSSR count). The van der Waals surface area contributed by atoms with Gasteiger partial charge in [0.1, 0.15) is 6.04 Å². The van der Waals surface area contributed by atoms with Crippen molar-refractivity contribution in [3.63, 3.8) is 0 Å². The molecule has 2 N–H and O–H groups in total. The van der Waals surface area contributed by atoms with E-state index in [1.165, 1.54) is 6.92 Å². The molecule has 0 aliphatic carbocycles. The van der Waals surface area contributed by atoms with E-state index in [1.807, 2.05) is 0 Å². The van der Waals surface area contributed by atoms with Crippen molar-refractivity contribution < 1.29 is 18.9 Å². The van der Waals surface area contributed by atoms with Gasteiger partial charge in [-0.3, -0.25) is 14.0 Å². The third-order valence-electron chi connectivity index (χ3n) is 2.06. The largest absolute Gasteiger partial charge is 0.480 e. The van der Waals surface area contributed by atoms with Crippen LogP contribution in [-0.2, 0) is 26.1 Å². The lowest BCUT2D eigenvalue weighted by Crippen LogP contribution is -2.43. The summed E-state index contributed by atoms with van der Waals surface area (Å²) in [6.45, 7) is 1.22. The summed E-state index contributed by atoms with van der Waals surface area (Å²) >= 11 is 0. The summed E-state index contributed by atoms with van der Waals surface area (Å²) in [5, 5.41) is 11.1. The Morgan fingerprint density at radius 2 is 2.22 bits per heavy atom. The minimum atomic E-state index is -1.40. The number of carbonyl (C=O) groups is 2. The Morgan fingerprint density at radius 1 is 1.50 bits per heavy atom. The molecular formula is C11H14N2O4S. The van der Waals surface area contributed by atoms with Gasteiger partial charge in [0.25, 0.3) is 0 Å². The van der Waals surface area contributed by atoms with Gasteiger partial charge in [0.15, 0.2) is 0 Å². The first-order valence-electron chi connectivity index (χ1n) is 5.24. The number of carbonyl (C=O) groups excluding carboxylic acids is 1. The zero-order valence-electron chi connectivity index (χ0n) is 9.83. The van der Waals surface area contributed by atoms with Gasteiger partial charge in [-0.15, -0.1) is 0 Å². The second kappa shape index (κ2) is 6.85. The van der Waals surface area contributed by atoms with E-state index in [2.05, 4.69) is 10.3 Å². The van der Waals surface area contributed by atoms with Crippen LogP contribution < -0.4 is 5.32 Å². The molecule has 0 aromatic carbocycles. The molecule has 1 amide bonds. The van der Waals surface area contributed by atoms with Gasteiger partial charge >= 0.3 is 5.97 Å². The van der Waals surface area contributed by atoms with Crippen molar-refractivity contribution in [1.82, 2.24) is 10.3 Å². The number of hydrogen-bond acceptors (Lipinski definition) is 4. The quantitative estimate of drug-likeness (QED) is 0.753. The minimum Gasteiger partial charge on any atom is -0.480 e. The Morgan fingerprint density at radius 3 is 2.72 bits per heavy atom. The zero-order chi connectivity index (χ0) is 13.5. The van der Waals surface area contributed by atoms with Gasteiger partial charge in [-0.2, -0.15) is 0 Å². The molecule has 2 unspecified atom stereocenters. The van der Waals surface area contributed by atoms with Gasteiger partial charge < -0.3 is 10.4 Å².